The van der Waals surface area contributed by atoms with Crippen molar-refractivity contribution in [2.75, 3.05) is 26.4 Å². The van der Waals surface area contributed by atoms with Crippen LogP contribution in [0.15, 0.2) is 36.4 Å². The van der Waals surface area contributed by atoms with Crippen molar-refractivity contribution in [3.8, 4) is 11.1 Å². The van der Waals surface area contributed by atoms with Crippen molar-refractivity contribution in [1.29, 1.82) is 0 Å². The molecule has 0 atom stereocenters. The highest BCUT2D eigenvalue weighted by Gasteiger charge is 2.40. The van der Waals surface area contributed by atoms with Gasteiger partial charge >= 0.3 is 11.9 Å². The van der Waals surface area contributed by atoms with Crippen LogP contribution in [-0.2, 0) is 22.3 Å². The fraction of sp³-hybridized carbons (Fsp3) is 0.462. The lowest BCUT2D eigenvalue weighted by Gasteiger charge is -2.44. The highest BCUT2D eigenvalue weighted by Crippen LogP contribution is 2.42. The first-order valence-corrected chi connectivity index (χ1v) is 11.2. The average molecular weight is 439 g/mol. The van der Waals surface area contributed by atoms with Crippen molar-refractivity contribution in [2.45, 2.75) is 39.5 Å². The Morgan fingerprint density at radius 3 is 1.81 bits per heavy atom. The maximum atomic E-state index is 11.7. The summed E-state index contributed by atoms with van der Waals surface area (Å²) in [5.74, 6) is -2.28. The Kier molecular flexibility index (Phi) is 6.10. The Labute approximate surface area is 188 Å². The molecule has 2 N–H and O–H groups in total. The molecule has 32 heavy (non-hydrogen) atoms. The van der Waals surface area contributed by atoms with E-state index in [9.17, 15) is 19.8 Å². The zero-order valence-electron chi connectivity index (χ0n) is 18.6. The monoisotopic (exact) mass is 438 g/mol. The summed E-state index contributed by atoms with van der Waals surface area (Å²) >= 11 is 0. The first-order chi connectivity index (χ1) is 15.3. The number of carbonyl (C=O) groups is 2. The van der Waals surface area contributed by atoms with Crippen molar-refractivity contribution < 1.29 is 29.3 Å². The number of benzene rings is 2. The second-order valence-corrected chi connectivity index (χ2v) is 9.40. The van der Waals surface area contributed by atoms with E-state index in [1.807, 2.05) is 12.1 Å². The largest absolute Gasteiger partial charge is 0.478 e. The second kappa shape index (κ2) is 8.68. The molecule has 0 unspecified atom stereocenters. The lowest BCUT2D eigenvalue weighted by Crippen LogP contribution is -2.45. The van der Waals surface area contributed by atoms with Gasteiger partial charge in [-0.05, 0) is 66.1 Å². The van der Waals surface area contributed by atoms with Crippen LogP contribution in [0.4, 0.5) is 0 Å². The Hall–Kier alpha value is -2.70. The van der Waals surface area contributed by atoms with Crippen LogP contribution in [0.2, 0.25) is 0 Å². The molecule has 0 saturated carbocycles. The van der Waals surface area contributed by atoms with Crippen LogP contribution in [0.1, 0.15) is 58.5 Å². The predicted molar refractivity (Wildman–Crippen MR) is 120 cm³/mol. The van der Waals surface area contributed by atoms with E-state index >= 15 is 0 Å². The predicted octanol–water partition coefficient (Wildman–Crippen LogP) is 4.69. The van der Waals surface area contributed by atoms with E-state index in [0.29, 0.717) is 18.8 Å². The summed E-state index contributed by atoms with van der Waals surface area (Å²) in [6.07, 6.45) is 3.71. The third-order valence-electron chi connectivity index (χ3n) is 7.26. The van der Waals surface area contributed by atoms with Crippen LogP contribution in [0, 0.1) is 10.8 Å². The number of hydrogen-bond acceptors (Lipinski definition) is 4. The van der Waals surface area contributed by atoms with Gasteiger partial charge < -0.3 is 19.7 Å². The molecule has 6 nitrogen and oxygen atoms in total. The van der Waals surface area contributed by atoms with E-state index in [0.717, 1.165) is 50.0 Å². The fourth-order valence-corrected chi connectivity index (χ4v) is 4.73. The van der Waals surface area contributed by atoms with E-state index < -0.39 is 11.9 Å². The van der Waals surface area contributed by atoms with Crippen molar-refractivity contribution >= 4 is 11.9 Å². The molecule has 0 radical (unpaired) electrons. The molecule has 2 saturated heterocycles. The van der Waals surface area contributed by atoms with Crippen molar-refractivity contribution in [1.82, 2.24) is 0 Å². The summed E-state index contributed by atoms with van der Waals surface area (Å²) in [7, 11) is 0. The van der Waals surface area contributed by atoms with Crippen LogP contribution in [-0.4, -0.2) is 48.6 Å². The Morgan fingerprint density at radius 1 is 0.844 bits per heavy atom. The van der Waals surface area contributed by atoms with Crippen molar-refractivity contribution in [3.63, 3.8) is 0 Å². The molecule has 2 fully saturated rings. The van der Waals surface area contributed by atoms with Gasteiger partial charge in [-0.25, -0.2) is 9.59 Å². The van der Waals surface area contributed by atoms with Gasteiger partial charge in [-0.3, -0.25) is 0 Å². The lowest BCUT2D eigenvalue weighted by molar-refractivity contribution is -0.117. The summed E-state index contributed by atoms with van der Waals surface area (Å²) in [5, 5.41) is 19.1. The van der Waals surface area contributed by atoms with E-state index in [1.54, 1.807) is 12.1 Å². The van der Waals surface area contributed by atoms with E-state index in [-0.39, 0.29) is 22.0 Å². The third kappa shape index (κ3) is 4.17. The van der Waals surface area contributed by atoms with Crippen molar-refractivity contribution in [3.05, 3.63) is 58.7 Å². The molecule has 0 amide bonds. The molecule has 2 aromatic carbocycles. The molecule has 2 aliphatic heterocycles. The number of carboxylic acid groups (broad SMARTS) is 2. The van der Waals surface area contributed by atoms with Gasteiger partial charge in [0.1, 0.15) is 0 Å². The van der Waals surface area contributed by atoms with Gasteiger partial charge in [0.2, 0.25) is 0 Å². The average Bonchev–Trinajstić information content (AvgIpc) is 2.73. The summed E-state index contributed by atoms with van der Waals surface area (Å²) in [6.45, 7) is 7.25. The third-order valence-corrected chi connectivity index (χ3v) is 7.26. The topological polar surface area (TPSA) is 93.1 Å². The maximum Gasteiger partial charge on any atom is 0.335 e. The van der Waals surface area contributed by atoms with Crippen LogP contribution in [0.25, 0.3) is 11.1 Å². The SMILES string of the molecule is CCC1(Cc2cccc(-c3cc(C(=O)O)cc(C(=O)O)c3)c2CC2(CC)COC2)COC1. The van der Waals surface area contributed by atoms with Gasteiger partial charge in [0.05, 0.1) is 37.6 Å². The molecule has 2 aromatic rings. The minimum atomic E-state index is -1.14. The molecule has 0 spiro atoms. The van der Waals surface area contributed by atoms with Crippen molar-refractivity contribution in [2.24, 2.45) is 10.8 Å². The number of rotatable bonds is 9. The van der Waals surface area contributed by atoms with E-state index in [2.05, 4.69) is 19.9 Å². The maximum absolute atomic E-state index is 11.7. The molecule has 0 aromatic heterocycles. The molecule has 2 aliphatic rings. The van der Waals surface area contributed by atoms with Gasteiger partial charge in [0.15, 0.2) is 0 Å². The fourth-order valence-electron chi connectivity index (χ4n) is 4.73. The molecular weight excluding hydrogens is 408 g/mol. The van der Waals surface area contributed by atoms with Gasteiger partial charge in [0, 0.05) is 10.8 Å². The van der Waals surface area contributed by atoms with Gasteiger partial charge in [0.25, 0.3) is 0 Å². The number of hydrogen-bond donors (Lipinski definition) is 2. The Balaban J connectivity index is 1.85. The molecule has 0 bridgehead atoms. The summed E-state index contributed by atoms with van der Waals surface area (Å²) in [6, 6.07) is 10.5. The minimum Gasteiger partial charge on any atom is -0.478 e. The zero-order chi connectivity index (χ0) is 22.9. The highest BCUT2D eigenvalue weighted by molar-refractivity contribution is 5.96. The lowest BCUT2D eigenvalue weighted by atomic mass is 9.71. The van der Waals surface area contributed by atoms with E-state index in [1.165, 1.54) is 11.6 Å². The van der Waals surface area contributed by atoms with Gasteiger partial charge in [-0.15, -0.1) is 0 Å². The first kappa shape index (κ1) is 22.5. The smallest absolute Gasteiger partial charge is 0.335 e. The zero-order valence-corrected chi connectivity index (χ0v) is 18.6. The van der Waals surface area contributed by atoms with Crippen LogP contribution in [0.3, 0.4) is 0 Å². The quantitative estimate of drug-likeness (QED) is 0.590. The Morgan fingerprint density at radius 2 is 1.38 bits per heavy atom. The first-order valence-electron chi connectivity index (χ1n) is 11.2. The standard InChI is InChI=1S/C26H30O6/c1-3-25(13-31-14-25)11-17-6-5-7-21(22(17)12-26(4-2)15-32-16-26)18-8-19(23(27)28)10-20(9-18)24(29)30/h5-10H,3-4,11-16H2,1-2H3,(H,27,28)(H,29,30). The van der Waals surface area contributed by atoms with Crippen LogP contribution < -0.4 is 0 Å². The van der Waals surface area contributed by atoms with Gasteiger partial charge in [-0.1, -0.05) is 32.0 Å². The normalized spacial score (nSPS) is 18.4. The number of aromatic carboxylic acids is 2. The highest BCUT2D eigenvalue weighted by atomic mass is 16.5. The summed E-state index contributed by atoms with van der Waals surface area (Å²) in [4.78, 5) is 23.4. The van der Waals surface area contributed by atoms with E-state index in [4.69, 9.17) is 9.47 Å². The number of carboxylic acids is 2. The number of ether oxygens (including phenoxy) is 2. The second-order valence-electron chi connectivity index (χ2n) is 9.40. The molecular formula is C26H30O6. The molecule has 2 heterocycles. The van der Waals surface area contributed by atoms with Gasteiger partial charge in [-0.2, -0.15) is 0 Å². The molecule has 4 rings (SSSR count). The molecule has 6 heteroatoms. The molecule has 170 valence electrons. The Bertz CT molecular complexity index is 989. The minimum absolute atomic E-state index is 0.0224. The summed E-state index contributed by atoms with van der Waals surface area (Å²) < 4.78 is 11.1. The summed E-state index contributed by atoms with van der Waals surface area (Å²) in [5.41, 5.74) is 4.05. The molecule has 0 aliphatic carbocycles. The van der Waals surface area contributed by atoms with Crippen LogP contribution >= 0.6 is 0 Å². The van der Waals surface area contributed by atoms with Crippen LogP contribution in [0.5, 0.6) is 0 Å².